The molecule has 0 saturated carbocycles. The molecule has 182 valence electrons. The Labute approximate surface area is 208 Å². The number of nitrogens with two attached hydrogens (primary N) is 1. The molecule has 0 saturated heterocycles. The van der Waals surface area contributed by atoms with E-state index in [1.807, 2.05) is 51.2 Å². The fraction of sp³-hybridized carbons (Fsp3) is 0.280. The SMILES string of the molecule is CCc1cc(Nc2nc(-c3cccc(OCC(=O)NC(C)C)c3)nc3scnc23)ccc1N(C)N. The van der Waals surface area contributed by atoms with Crippen LogP contribution in [0.1, 0.15) is 26.3 Å². The van der Waals surface area contributed by atoms with Crippen molar-refractivity contribution in [1.29, 1.82) is 0 Å². The standard InChI is InChI=1S/C25H29N7O2S/c1-5-16-11-18(9-10-20(16)32(4)26)29-24-22-25(35-14-27-22)31-23(30-24)17-7-6-8-19(12-17)34-13-21(33)28-15(2)3/h6-12,14-15H,5,13,26H2,1-4H3,(H,28,33)(H,29,30,31). The Morgan fingerprint density at radius 3 is 2.77 bits per heavy atom. The molecule has 10 heteroatoms. The van der Waals surface area contributed by atoms with Gasteiger partial charge < -0.3 is 20.4 Å². The van der Waals surface area contributed by atoms with E-state index in [1.165, 1.54) is 11.3 Å². The smallest absolute Gasteiger partial charge is 0.258 e. The number of nitrogens with zero attached hydrogens (tertiary/aromatic N) is 4. The highest BCUT2D eigenvalue weighted by atomic mass is 32.1. The number of ether oxygens (including phenoxy) is 1. The van der Waals surface area contributed by atoms with E-state index in [0.29, 0.717) is 22.9 Å². The van der Waals surface area contributed by atoms with Crippen molar-refractivity contribution in [3.63, 3.8) is 0 Å². The third kappa shape index (κ3) is 5.84. The Morgan fingerprint density at radius 1 is 1.20 bits per heavy atom. The lowest BCUT2D eigenvalue weighted by Crippen LogP contribution is -2.34. The second kappa shape index (κ2) is 10.7. The van der Waals surface area contributed by atoms with E-state index in [-0.39, 0.29) is 18.6 Å². The van der Waals surface area contributed by atoms with Crippen LogP contribution in [0.15, 0.2) is 48.0 Å². The molecule has 2 aromatic heterocycles. The first kappa shape index (κ1) is 24.4. The summed E-state index contributed by atoms with van der Waals surface area (Å²) in [5.74, 6) is 7.51. The third-order valence-electron chi connectivity index (χ3n) is 5.21. The minimum Gasteiger partial charge on any atom is -0.484 e. The van der Waals surface area contributed by atoms with Gasteiger partial charge in [0, 0.05) is 24.3 Å². The molecule has 0 aliphatic heterocycles. The highest BCUT2D eigenvalue weighted by Crippen LogP contribution is 2.31. The lowest BCUT2D eigenvalue weighted by atomic mass is 10.1. The molecule has 0 spiro atoms. The number of anilines is 3. The van der Waals surface area contributed by atoms with Crippen LogP contribution in [0.3, 0.4) is 0 Å². The van der Waals surface area contributed by atoms with E-state index in [2.05, 4.69) is 28.6 Å². The van der Waals surface area contributed by atoms with E-state index in [9.17, 15) is 4.79 Å². The van der Waals surface area contributed by atoms with Gasteiger partial charge in [-0.25, -0.2) is 20.8 Å². The minimum atomic E-state index is -0.169. The molecule has 0 aliphatic carbocycles. The normalized spacial score (nSPS) is 11.0. The summed E-state index contributed by atoms with van der Waals surface area (Å²) >= 11 is 1.45. The van der Waals surface area contributed by atoms with Gasteiger partial charge in [-0.2, -0.15) is 0 Å². The number of carbonyl (C=O) groups is 1. The number of amides is 1. The fourth-order valence-electron chi connectivity index (χ4n) is 3.64. The van der Waals surface area contributed by atoms with Crippen LogP contribution in [0.4, 0.5) is 17.2 Å². The highest BCUT2D eigenvalue weighted by Gasteiger charge is 2.14. The lowest BCUT2D eigenvalue weighted by Gasteiger charge is -2.18. The lowest BCUT2D eigenvalue weighted by molar-refractivity contribution is -0.123. The molecule has 0 unspecified atom stereocenters. The van der Waals surface area contributed by atoms with Crippen molar-refractivity contribution in [1.82, 2.24) is 20.3 Å². The largest absolute Gasteiger partial charge is 0.484 e. The zero-order valence-corrected chi connectivity index (χ0v) is 21.0. The Morgan fingerprint density at radius 2 is 2.03 bits per heavy atom. The quantitative estimate of drug-likeness (QED) is 0.235. The summed E-state index contributed by atoms with van der Waals surface area (Å²) in [5.41, 5.74) is 6.22. The first-order valence-corrected chi connectivity index (χ1v) is 12.2. The zero-order chi connectivity index (χ0) is 24.9. The molecular formula is C25H29N7O2S. The summed E-state index contributed by atoms with van der Waals surface area (Å²) in [6, 6.07) is 13.5. The van der Waals surface area contributed by atoms with Gasteiger partial charge in [-0.1, -0.05) is 19.1 Å². The van der Waals surface area contributed by atoms with Gasteiger partial charge in [-0.15, -0.1) is 11.3 Å². The maximum absolute atomic E-state index is 11.9. The van der Waals surface area contributed by atoms with Gasteiger partial charge in [0.1, 0.15) is 16.1 Å². The van der Waals surface area contributed by atoms with Gasteiger partial charge >= 0.3 is 0 Å². The first-order chi connectivity index (χ1) is 16.8. The van der Waals surface area contributed by atoms with Gasteiger partial charge in [-0.05, 0) is 56.2 Å². The molecule has 4 aromatic rings. The highest BCUT2D eigenvalue weighted by molar-refractivity contribution is 7.16. The number of thiazole rings is 1. The second-order valence-electron chi connectivity index (χ2n) is 8.37. The van der Waals surface area contributed by atoms with Gasteiger partial charge in [0.15, 0.2) is 18.2 Å². The molecule has 0 radical (unpaired) electrons. The Bertz CT molecular complexity index is 1340. The maximum Gasteiger partial charge on any atom is 0.258 e. The van der Waals surface area contributed by atoms with Crippen LogP contribution in [-0.4, -0.2) is 40.6 Å². The summed E-state index contributed by atoms with van der Waals surface area (Å²) in [4.78, 5) is 26.7. The van der Waals surface area contributed by atoms with Gasteiger partial charge in [0.25, 0.3) is 5.91 Å². The van der Waals surface area contributed by atoms with Crippen LogP contribution in [0.5, 0.6) is 5.75 Å². The molecule has 2 heterocycles. The summed E-state index contributed by atoms with van der Waals surface area (Å²) in [7, 11) is 1.83. The van der Waals surface area contributed by atoms with Crippen molar-refractivity contribution in [3.8, 4) is 17.1 Å². The van der Waals surface area contributed by atoms with E-state index >= 15 is 0 Å². The summed E-state index contributed by atoms with van der Waals surface area (Å²) in [6.07, 6.45) is 0.843. The molecule has 1 amide bonds. The molecular weight excluding hydrogens is 462 g/mol. The molecule has 0 aliphatic rings. The Balaban J connectivity index is 1.62. The number of rotatable bonds is 9. The van der Waals surface area contributed by atoms with Crippen molar-refractivity contribution < 1.29 is 9.53 Å². The van der Waals surface area contributed by atoms with Gasteiger partial charge in [0.2, 0.25) is 0 Å². The molecule has 0 atom stereocenters. The monoisotopic (exact) mass is 491 g/mol. The molecule has 2 aromatic carbocycles. The van der Waals surface area contributed by atoms with Crippen molar-refractivity contribution in [2.75, 3.05) is 24.0 Å². The number of fused-ring (bicyclic) bond motifs is 1. The molecule has 9 nitrogen and oxygen atoms in total. The number of hydrogen-bond acceptors (Lipinski definition) is 9. The summed E-state index contributed by atoms with van der Waals surface area (Å²) < 4.78 is 5.68. The number of hydrogen-bond donors (Lipinski definition) is 3. The number of carbonyl (C=O) groups excluding carboxylic acids is 1. The fourth-order valence-corrected chi connectivity index (χ4v) is 4.30. The molecule has 0 bridgehead atoms. The van der Waals surface area contributed by atoms with Crippen molar-refractivity contribution in [3.05, 3.63) is 53.5 Å². The van der Waals surface area contributed by atoms with E-state index in [1.54, 1.807) is 16.6 Å². The Kier molecular flexibility index (Phi) is 7.42. The van der Waals surface area contributed by atoms with Crippen LogP contribution in [0.25, 0.3) is 21.7 Å². The van der Waals surface area contributed by atoms with Crippen LogP contribution in [0, 0.1) is 0 Å². The minimum absolute atomic E-state index is 0.0586. The van der Waals surface area contributed by atoms with Crippen LogP contribution in [0.2, 0.25) is 0 Å². The first-order valence-electron chi connectivity index (χ1n) is 11.4. The molecule has 4 rings (SSSR count). The van der Waals surface area contributed by atoms with Gasteiger partial charge in [0.05, 0.1) is 11.2 Å². The van der Waals surface area contributed by atoms with Crippen molar-refractivity contribution >= 4 is 44.8 Å². The maximum atomic E-state index is 11.9. The van der Waals surface area contributed by atoms with Gasteiger partial charge in [-0.3, -0.25) is 4.79 Å². The molecule has 0 fully saturated rings. The van der Waals surface area contributed by atoms with E-state index in [0.717, 1.165) is 33.8 Å². The third-order valence-corrected chi connectivity index (χ3v) is 5.93. The van der Waals surface area contributed by atoms with Crippen molar-refractivity contribution in [2.24, 2.45) is 5.84 Å². The molecule has 35 heavy (non-hydrogen) atoms. The topological polar surface area (TPSA) is 118 Å². The average molecular weight is 492 g/mol. The van der Waals surface area contributed by atoms with Crippen molar-refractivity contribution in [2.45, 2.75) is 33.2 Å². The number of aryl methyl sites for hydroxylation is 1. The van der Waals surface area contributed by atoms with Crippen LogP contribution >= 0.6 is 11.3 Å². The Hall–Kier alpha value is -3.76. The van der Waals surface area contributed by atoms with Crippen LogP contribution in [-0.2, 0) is 11.2 Å². The number of hydrazine groups is 1. The van der Waals surface area contributed by atoms with E-state index in [4.69, 9.17) is 20.5 Å². The number of nitrogens with one attached hydrogen (secondary N) is 2. The van der Waals surface area contributed by atoms with E-state index < -0.39 is 0 Å². The molecule has 4 N–H and O–H groups in total. The summed E-state index contributed by atoms with van der Waals surface area (Å²) in [6.45, 7) is 5.85. The zero-order valence-electron chi connectivity index (χ0n) is 20.2. The average Bonchev–Trinajstić information content (AvgIpc) is 3.31. The predicted octanol–water partition coefficient (Wildman–Crippen LogP) is 4.27. The predicted molar refractivity (Wildman–Crippen MR) is 141 cm³/mol. The van der Waals surface area contributed by atoms with Crippen LogP contribution < -0.4 is 26.2 Å². The second-order valence-corrected chi connectivity index (χ2v) is 9.21. The summed E-state index contributed by atoms with van der Waals surface area (Å²) in [5, 5.41) is 7.84. The number of benzene rings is 2. The number of aromatic nitrogens is 3.